The summed E-state index contributed by atoms with van der Waals surface area (Å²) in [6.07, 6.45) is 0.216. The van der Waals surface area contributed by atoms with E-state index in [0.717, 1.165) is 17.7 Å². The van der Waals surface area contributed by atoms with E-state index in [1.807, 2.05) is 12.1 Å². The van der Waals surface area contributed by atoms with Crippen LogP contribution in [0.3, 0.4) is 0 Å². The molecule has 1 amide bonds. The van der Waals surface area contributed by atoms with Crippen LogP contribution in [0.2, 0.25) is 0 Å². The Morgan fingerprint density at radius 2 is 1.90 bits per heavy atom. The number of rotatable bonds is 6. The SMILES string of the molecule is COc1ccc(C(F)(F)F)c(NC(=O)c2cccnc2SCc2ccncc2)c1. The van der Waals surface area contributed by atoms with Crippen molar-refractivity contribution in [1.29, 1.82) is 0 Å². The van der Waals surface area contributed by atoms with E-state index < -0.39 is 17.6 Å². The van der Waals surface area contributed by atoms with Gasteiger partial charge in [0, 0.05) is 30.4 Å². The van der Waals surface area contributed by atoms with E-state index in [9.17, 15) is 18.0 Å². The Morgan fingerprint density at radius 3 is 2.59 bits per heavy atom. The zero-order valence-corrected chi connectivity index (χ0v) is 16.1. The molecule has 1 aromatic carbocycles. The molecule has 0 aliphatic rings. The number of benzene rings is 1. The van der Waals surface area contributed by atoms with Crippen LogP contribution in [0.4, 0.5) is 18.9 Å². The van der Waals surface area contributed by atoms with Crippen LogP contribution in [0, 0.1) is 0 Å². The topological polar surface area (TPSA) is 64.1 Å². The minimum absolute atomic E-state index is 0.183. The predicted molar refractivity (Wildman–Crippen MR) is 104 cm³/mol. The molecule has 0 aliphatic carbocycles. The monoisotopic (exact) mass is 419 g/mol. The van der Waals surface area contributed by atoms with Gasteiger partial charge in [-0.3, -0.25) is 9.78 Å². The number of ether oxygens (including phenoxy) is 1. The van der Waals surface area contributed by atoms with E-state index in [4.69, 9.17) is 4.74 Å². The summed E-state index contributed by atoms with van der Waals surface area (Å²) in [5.41, 5.74) is -0.172. The van der Waals surface area contributed by atoms with Crippen LogP contribution in [0.15, 0.2) is 66.1 Å². The minimum Gasteiger partial charge on any atom is -0.497 e. The maximum Gasteiger partial charge on any atom is 0.418 e. The maximum absolute atomic E-state index is 13.3. The van der Waals surface area contributed by atoms with Crippen molar-refractivity contribution in [2.45, 2.75) is 17.0 Å². The number of pyridine rings is 2. The van der Waals surface area contributed by atoms with Gasteiger partial charge < -0.3 is 10.1 Å². The first-order chi connectivity index (χ1) is 13.9. The molecular weight excluding hydrogens is 403 g/mol. The summed E-state index contributed by atoms with van der Waals surface area (Å²) in [4.78, 5) is 20.9. The van der Waals surface area contributed by atoms with Crippen molar-refractivity contribution in [2.75, 3.05) is 12.4 Å². The molecule has 0 radical (unpaired) electrons. The summed E-state index contributed by atoms with van der Waals surface area (Å²) < 4.78 is 44.9. The zero-order valence-electron chi connectivity index (χ0n) is 15.2. The van der Waals surface area contributed by atoms with Gasteiger partial charge in [0.1, 0.15) is 10.8 Å². The van der Waals surface area contributed by atoms with Crippen LogP contribution in [-0.2, 0) is 11.9 Å². The molecule has 9 heteroatoms. The smallest absolute Gasteiger partial charge is 0.418 e. The fourth-order valence-electron chi connectivity index (χ4n) is 2.50. The van der Waals surface area contributed by atoms with Gasteiger partial charge in [-0.05, 0) is 42.0 Å². The molecular formula is C20H16F3N3O2S. The highest BCUT2D eigenvalue weighted by Crippen LogP contribution is 2.37. The van der Waals surface area contributed by atoms with Crippen molar-refractivity contribution in [1.82, 2.24) is 9.97 Å². The molecule has 0 fully saturated rings. The second-order valence-electron chi connectivity index (χ2n) is 5.86. The number of aromatic nitrogens is 2. The standard InChI is InChI=1S/C20H16F3N3O2S/c1-28-14-4-5-16(20(21,22)23)17(11-14)26-18(27)15-3-2-8-25-19(15)29-12-13-6-9-24-10-7-13/h2-11H,12H2,1H3,(H,26,27). The van der Waals surface area contributed by atoms with Gasteiger partial charge in [0.05, 0.1) is 23.9 Å². The number of carbonyl (C=O) groups is 1. The van der Waals surface area contributed by atoms with E-state index in [-0.39, 0.29) is 17.0 Å². The number of methoxy groups -OCH3 is 1. The molecule has 2 heterocycles. The molecule has 0 saturated carbocycles. The maximum atomic E-state index is 13.3. The van der Waals surface area contributed by atoms with Crippen LogP contribution in [0.25, 0.3) is 0 Å². The number of nitrogens with one attached hydrogen (secondary N) is 1. The van der Waals surface area contributed by atoms with Crippen molar-refractivity contribution in [3.05, 3.63) is 77.7 Å². The molecule has 5 nitrogen and oxygen atoms in total. The lowest BCUT2D eigenvalue weighted by atomic mass is 10.1. The highest BCUT2D eigenvalue weighted by atomic mass is 32.2. The van der Waals surface area contributed by atoms with Crippen LogP contribution in [0.1, 0.15) is 21.5 Å². The lowest BCUT2D eigenvalue weighted by Crippen LogP contribution is -2.17. The summed E-state index contributed by atoms with van der Waals surface area (Å²) in [5.74, 6) is 0.0492. The van der Waals surface area contributed by atoms with Crippen LogP contribution in [-0.4, -0.2) is 23.0 Å². The summed E-state index contributed by atoms with van der Waals surface area (Å²) in [6, 6.07) is 9.95. The largest absolute Gasteiger partial charge is 0.497 e. The number of anilines is 1. The number of hydrogen-bond donors (Lipinski definition) is 1. The number of nitrogens with zero attached hydrogens (tertiary/aromatic N) is 2. The Morgan fingerprint density at radius 1 is 1.14 bits per heavy atom. The van der Waals surface area contributed by atoms with Gasteiger partial charge in [0.2, 0.25) is 0 Å². The summed E-state index contributed by atoms with van der Waals surface area (Å²) >= 11 is 1.31. The highest BCUT2D eigenvalue weighted by Gasteiger charge is 2.34. The Kier molecular flexibility index (Phi) is 6.38. The van der Waals surface area contributed by atoms with Crippen LogP contribution in [0.5, 0.6) is 5.75 Å². The van der Waals surface area contributed by atoms with Crippen molar-refractivity contribution < 1.29 is 22.7 Å². The van der Waals surface area contributed by atoms with Gasteiger partial charge >= 0.3 is 6.18 Å². The molecule has 29 heavy (non-hydrogen) atoms. The molecule has 0 saturated heterocycles. The van der Waals surface area contributed by atoms with Gasteiger partial charge in [-0.25, -0.2) is 4.98 Å². The lowest BCUT2D eigenvalue weighted by Gasteiger charge is -2.15. The second kappa shape index (κ2) is 8.95. The lowest BCUT2D eigenvalue weighted by molar-refractivity contribution is -0.136. The summed E-state index contributed by atoms with van der Waals surface area (Å²) in [7, 11) is 1.34. The third kappa shape index (κ3) is 5.26. The quantitative estimate of drug-likeness (QED) is 0.567. The third-order valence-corrected chi connectivity index (χ3v) is 5.00. The van der Waals surface area contributed by atoms with E-state index in [1.54, 1.807) is 18.5 Å². The second-order valence-corrected chi connectivity index (χ2v) is 6.83. The molecule has 3 rings (SSSR count). The molecule has 0 aliphatic heterocycles. The van der Waals surface area contributed by atoms with Gasteiger partial charge in [0.25, 0.3) is 5.91 Å². The Bertz CT molecular complexity index is 998. The first-order valence-corrected chi connectivity index (χ1v) is 9.40. The summed E-state index contributed by atoms with van der Waals surface area (Å²) in [6.45, 7) is 0. The van der Waals surface area contributed by atoms with Crippen LogP contribution >= 0.6 is 11.8 Å². The van der Waals surface area contributed by atoms with Gasteiger partial charge in [-0.1, -0.05) is 0 Å². The van der Waals surface area contributed by atoms with E-state index >= 15 is 0 Å². The van der Waals surface area contributed by atoms with Gasteiger partial charge in [-0.2, -0.15) is 13.2 Å². The zero-order chi connectivity index (χ0) is 20.9. The first-order valence-electron chi connectivity index (χ1n) is 8.42. The molecule has 2 aromatic heterocycles. The van der Waals surface area contributed by atoms with E-state index in [2.05, 4.69) is 15.3 Å². The predicted octanol–water partition coefficient (Wildman–Crippen LogP) is 5.05. The van der Waals surface area contributed by atoms with Crippen molar-refractivity contribution in [3.63, 3.8) is 0 Å². The van der Waals surface area contributed by atoms with Crippen LogP contribution < -0.4 is 10.1 Å². The van der Waals surface area contributed by atoms with Gasteiger partial charge in [0.15, 0.2) is 0 Å². The summed E-state index contributed by atoms with van der Waals surface area (Å²) in [5, 5.41) is 2.76. The Balaban J connectivity index is 1.85. The third-order valence-electron chi connectivity index (χ3n) is 3.92. The van der Waals surface area contributed by atoms with Gasteiger partial charge in [-0.15, -0.1) is 11.8 Å². The molecule has 0 atom stereocenters. The molecule has 0 unspecified atom stereocenters. The number of alkyl halides is 3. The Labute approximate surface area is 169 Å². The van der Waals surface area contributed by atoms with Crippen molar-refractivity contribution in [3.8, 4) is 5.75 Å². The highest BCUT2D eigenvalue weighted by molar-refractivity contribution is 7.98. The van der Waals surface area contributed by atoms with Crippen molar-refractivity contribution in [2.24, 2.45) is 0 Å². The average molecular weight is 419 g/mol. The normalized spacial score (nSPS) is 11.2. The van der Waals surface area contributed by atoms with E-state index in [1.165, 1.54) is 37.2 Å². The molecule has 3 aromatic rings. The fourth-order valence-corrected chi connectivity index (χ4v) is 3.45. The fraction of sp³-hybridized carbons (Fsp3) is 0.150. The average Bonchev–Trinajstić information content (AvgIpc) is 2.72. The number of halogens is 3. The molecule has 0 bridgehead atoms. The number of thioether (sulfide) groups is 1. The minimum atomic E-state index is -4.62. The molecule has 0 spiro atoms. The first kappa shape index (κ1) is 20.7. The number of carbonyl (C=O) groups excluding carboxylic acids is 1. The number of amides is 1. The Hall–Kier alpha value is -3.07. The molecule has 150 valence electrons. The van der Waals surface area contributed by atoms with E-state index in [0.29, 0.717) is 10.8 Å². The number of hydrogen-bond acceptors (Lipinski definition) is 5. The molecule has 1 N–H and O–H groups in total. The van der Waals surface area contributed by atoms with Crippen molar-refractivity contribution >= 4 is 23.4 Å².